The summed E-state index contributed by atoms with van der Waals surface area (Å²) in [5.74, 6) is -0.411. The van der Waals surface area contributed by atoms with Gasteiger partial charge in [0, 0.05) is 5.69 Å². The van der Waals surface area contributed by atoms with E-state index in [2.05, 4.69) is 11.9 Å². The molecule has 0 bridgehead atoms. The summed E-state index contributed by atoms with van der Waals surface area (Å²) in [4.78, 5) is 11.0. The van der Waals surface area contributed by atoms with E-state index >= 15 is 0 Å². The van der Waals surface area contributed by atoms with Crippen LogP contribution in [0.25, 0.3) is 0 Å². The van der Waals surface area contributed by atoms with Crippen LogP contribution >= 0.6 is 0 Å². The van der Waals surface area contributed by atoms with Crippen molar-refractivity contribution < 1.29 is 13.2 Å². The molecule has 0 aliphatic rings. The molecule has 0 atom stereocenters. The fourth-order valence-electron chi connectivity index (χ4n) is 1.18. The largest absolute Gasteiger partial charge is 0.322 e. The van der Waals surface area contributed by atoms with Gasteiger partial charge in [0.15, 0.2) is 0 Å². The topological polar surface area (TPSA) is 89.3 Å². The Morgan fingerprint density at radius 2 is 2.06 bits per heavy atom. The Labute approximate surface area is 94.0 Å². The number of amides is 1. The summed E-state index contributed by atoms with van der Waals surface area (Å²) in [6, 6.07) is 4.36. The highest BCUT2D eigenvalue weighted by molar-refractivity contribution is 7.89. The number of hydrogen-bond acceptors (Lipinski definition) is 3. The summed E-state index contributed by atoms with van der Waals surface area (Å²) in [6.45, 7) is 5.00. The minimum absolute atomic E-state index is 0.0353. The molecule has 0 aliphatic carbocycles. The van der Waals surface area contributed by atoms with Crippen LogP contribution in [-0.2, 0) is 14.8 Å². The van der Waals surface area contributed by atoms with Crippen LogP contribution in [0.15, 0.2) is 35.7 Å². The van der Waals surface area contributed by atoms with E-state index in [9.17, 15) is 13.2 Å². The molecule has 0 radical (unpaired) electrons. The summed E-state index contributed by atoms with van der Waals surface area (Å²) >= 11 is 0. The Balaban J connectivity index is 3.18. The number of anilines is 1. The minimum Gasteiger partial charge on any atom is -0.322 e. The van der Waals surface area contributed by atoms with Gasteiger partial charge in [0.05, 0.1) is 4.90 Å². The van der Waals surface area contributed by atoms with Crippen molar-refractivity contribution in [3.8, 4) is 0 Å². The zero-order chi connectivity index (χ0) is 12.3. The first-order valence-corrected chi connectivity index (χ1v) is 5.95. The van der Waals surface area contributed by atoms with Crippen molar-refractivity contribution in [2.45, 2.75) is 11.8 Å². The lowest BCUT2D eigenvalue weighted by atomic mass is 10.2. The molecule has 1 amide bonds. The van der Waals surface area contributed by atoms with E-state index in [1.54, 1.807) is 13.0 Å². The SMILES string of the molecule is C=CC(=O)Nc1cc(C)cc(S(N)(=O)=O)c1. The molecule has 1 aromatic rings. The zero-order valence-electron chi connectivity index (χ0n) is 8.73. The molecule has 0 fully saturated rings. The molecule has 0 aromatic heterocycles. The van der Waals surface area contributed by atoms with Gasteiger partial charge in [-0.1, -0.05) is 6.58 Å². The summed E-state index contributed by atoms with van der Waals surface area (Å²) in [5.41, 5.74) is 1.06. The average Bonchev–Trinajstić information content (AvgIpc) is 2.15. The van der Waals surface area contributed by atoms with Crippen LogP contribution in [0.1, 0.15) is 5.56 Å². The van der Waals surface area contributed by atoms with Crippen LogP contribution < -0.4 is 10.5 Å². The monoisotopic (exact) mass is 240 g/mol. The van der Waals surface area contributed by atoms with Gasteiger partial charge >= 0.3 is 0 Å². The molecule has 5 nitrogen and oxygen atoms in total. The van der Waals surface area contributed by atoms with E-state index in [1.165, 1.54) is 12.1 Å². The lowest BCUT2D eigenvalue weighted by molar-refractivity contribution is -0.111. The number of carbonyl (C=O) groups is 1. The van der Waals surface area contributed by atoms with Crippen molar-refractivity contribution >= 4 is 21.6 Å². The van der Waals surface area contributed by atoms with Crippen molar-refractivity contribution in [2.24, 2.45) is 5.14 Å². The smallest absolute Gasteiger partial charge is 0.247 e. The highest BCUT2D eigenvalue weighted by Gasteiger charge is 2.10. The van der Waals surface area contributed by atoms with Crippen molar-refractivity contribution in [3.05, 3.63) is 36.4 Å². The van der Waals surface area contributed by atoms with Gasteiger partial charge in [-0.05, 0) is 36.8 Å². The van der Waals surface area contributed by atoms with E-state index in [0.717, 1.165) is 6.08 Å². The van der Waals surface area contributed by atoms with Gasteiger partial charge in [-0.3, -0.25) is 4.79 Å². The second-order valence-corrected chi connectivity index (χ2v) is 4.83. The van der Waals surface area contributed by atoms with Gasteiger partial charge in [0.2, 0.25) is 15.9 Å². The van der Waals surface area contributed by atoms with E-state index in [-0.39, 0.29) is 4.90 Å². The number of rotatable bonds is 3. The zero-order valence-corrected chi connectivity index (χ0v) is 9.54. The Bertz CT molecular complexity index is 535. The Morgan fingerprint density at radius 3 is 2.56 bits per heavy atom. The minimum atomic E-state index is -3.77. The third-order valence-corrected chi connectivity index (χ3v) is 2.73. The molecule has 1 rings (SSSR count). The van der Waals surface area contributed by atoms with Crippen LogP contribution in [0.4, 0.5) is 5.69 Å². The summed E-state index contributed by atoms with van der Waals surface area (Å²) in [6.07, 6.45) is 1.10. The van der Waals surface area contributed by atoms with Crippen LogP contribution in [0.3, 0.4) is 0 Å². The maximum absolute atomic E-state index is 11.1. The van der Waals surface area contributed by atoms with Crippen LogP contribution in [-0.4, -0.2) is 14.3 Å². The number of carbonyl (C=O) groups excluding carboxylic acids is 1. The summed E-state index contributed by atoms with van der Waals surface area (Å²) in [7, 11) is -3.77. The number of benzene rings is 1. The predicted octanol–water partition coefficient (Wildman–Crippen LogP) is 0.767. The fraction of sp³-hybridized carbons (Fsp3) is 0.100. The predicted molar refractivity (Wildman–Crippen MR) is 61.4 cm³/mol. The number of nitrogens with one attached hydrogen (secondary N) is 1. The lowest BCUT2D eigenvalue weighted by Crippen LogP contribution is -2.14. The van der Waals surface area contributed by atoms with E-state index in [4.69, 9.17) is 5.14 Å². The average molecular weight is 240 g/mol. The number of hydrogen-bond donors (Lipinski definition) is 2. The molecule has 0 aliphatic heterocycles. The second kappa shape index (κ2) is 4.46. The molecule has 0 spiro atoms. The molecule has 0 saturated heterocycles. The van der Waals surface area contributed by atoms with Crippen molar-refractivity contribution in [1.29, 1.82) is 0 Å². The normalized spacial score (nSPS) is 10.9. The second-order valence-electron chi connectivity index (χ2n) is 3.27. The first kappa shape index (κ1) is 12.4. The third-order valence-electron chi connectivity index (χ3n) is 1.83. The molecule has 6 heteroatoms. The summed E-state index contributed by atoms with van der Waals surface area (Å²) < 4.78 is 22.3. The first-order valence-electron chi connectivity index (χ1n) is 4.41. The fourth-order valence-corrected chi connectivity index (χ4v) is 1.82. The van der Waals surface area contributed by atoms with Gasteiger partial charge in [0.25, 0.3) is 0 Å². The molecule has 1 aromatic carbocycles. The number of nitrogens with two attached hydrogens (primary N) is 1. The van der Waals surface area contributed by atoms with E-state index in [1.807, 2.05) is 0 Å². The Hall–Kier alpha value is -1.66. The molecule has 0 heterocycles. The molecule has 0 unspecified atom stereocenters. The highest BCUT2D eigenvalue weighted by Crippen LogP contribution is 2.17. The van der Waals surface area contributed by atoms with Gasteiger partial charge in [-0.25, -0.2) is 13.6 Å². The standard InChI is InChI=1S/C10H12N2O3S/c1-3-10(13)12-8-4-7(2)5-9(6-8)16(11,14)15/h3-6H,1H2,2H3,(H,12,13)(H2,11,14,15). The molecule has 86 valence electrons. The molecular weight excluding hydrogens is 228 g/mol. The van der Waals surface area contributed by atoms with Gasteiger partial charge in [-0.15, -0.1) is 0 Å². The third kappa shape index (κ3) is 3.18. The molecular formula is C10H12N2O3S. The quantitative estimate of drug-likeness (QED) is 0.764. The number of primary sulfonamides is 1. The van der Waals surface area contributed by atoms with E-state index < -0.39 is 15.9 Å². The van der Waals surface area contributed by atoms with Gasteiger partial charge in [-0.2, -0.15) is 0 Å². The van der Waals surface area contributed by atoms with E-state index in [0.29, 0.717) is 11.3 Å². The molecule has 16 heavy (non-hydrogen) atoms. The van der Waals surface area contributed by atoms with Crippen molar-refractivity contribution in [1.82, 2.24) is 0 Å². The number of sulfonamides is 1. The number of aryl methyl sites for hydroxylation is 1. The van der Waals surface area contributed by atoms with Gasteiger partial charge < -0.3 is 5.32 Å². The maximum Gasteiger partial charge on any atom is 0.247 e. The highest BCUT2D eigenvalue weighted by atomic mass is 32.2. The van der Waals surface area contributed by atoms with Crippen LogP contribution in [0.2, 0.25) is 0 Å². The summed E-state index contributed by atoms with van der Waals surface area (Å²) in [5, 5.41) is 7.47. The van der Waals surface area contributed by atoms with Crippen LogP contribution in [0.5, 0.6) is 0 Å². The van der Waals surface area contributed by atoms with Gasteiger partial charge in [0.1, 0.15) is 0 Å². The molecule has 0 saturated carbocycles. The van der Waals surface area contributed by atoms with Crippen LogP contribution in [0, 0.1) is 6.92 Å². The first-order chi connectivity index (χ1) is 7.32. The van der Waals surface area contributed by atoms with Crippen molar-refractivity contribution in [2.75, 3.05) is 5.32 Å². The maximum atomic E-state index is 11.1. The Morgan fingerprint density at radius 1 is 1.44 bits per heavy atom. The lowest BCUT2D eigenvalue weighted by Gasteiger charge is -2.06. The van der Waals surface area contributed by atoms with Crippen molar-refractivity contribution in [3.63, 3.8) is 0 Å². The molecule has 3 N–H and O–H groups in total. The Kier molecular flexibility index (Phi) is 3.46.